The number of ether oxygens (including phenoxy) is 1. The van der Waals surface area contributed by atoms with Gasteiger partial charge in [0.15, 0.2) is 0 Å². The summed E-state index contributed by atoms with van der Waals surface area (Å²) >= 11 is 4.98. The quantitative estimate of drug-likeness (QED) is 0.844. The molecule has 1 atom stereocenters. The maximum absolute atomic E-state index is 12.5. The van der Waals surface area contributed by atoms with Crippen molar-refractivity contribution in [2.24, 2.45) is 11.7 Å². The van der Waals surface area contributed by atoms with E-state index in [1.165, 1.54) is 0 Å². The smallest absolute Gasteiger partial charge is 0.253 e. The first-order chi connectivity index (χ1) is 9.52. The van der Waals surface area contributed by atoms with Gasteiger partial charge in [0.2, 0.25) is 0 Å². The molecule has 1 aromatic carbocycles. The highest BCUT2D eigenvalue weighted by atomic mass is 32.1. The van der Waals surface area contributed by atoms with Crippen LogP contribution in [0.15, 0.2) is 18.2 Å². The van der Waals surface area contributed by atoms with Gasteiger partial charge in [0, 0.05) is 31.0 Å². The van der Waals surface area contributed by atoms with E-state index in [0.717, 1.165) is 17.7 Å². The Kier molecular flexibility index (Phi) is 4.60. The van der Waals surface area contributed by atoms with Crippen LogP contribution < -0.4 is 10.5 Å². The second kappa shape index (κ2) is 6.22. The molecule has 20 heavy (non-hydrogen) atoms. The molecule has 1 aliphatic rings. The Balaban J connectivity index is 2.14. The molecular weight excluding hydrogens is 272 g/mol. The van der Waals surface area contributed by atoms with Crippen molar-refractivity contribution in [3.8, 4) is 5.75 Å². The van der Waals surface area contributed by atoms with Crippen molar-refractivity contribution in [3.63, 3.8) is 0 Å². The second-order valence-electron chi connectivity index (χ2n) is 5.07. The summed E-state index contributed by atoms with van der Waals surface area (Å²) in [5.41, 5.74) is 7.43. The number of benzene rings is 1. The predicted molar refractivity (Wildman–Crippen MR) is 83.2 cm³/mol. The van der Waals surface area contributed by atoms with E-state index in [9.17, 15) is 4.79 Å². The molecule has 0 radical (unpaired) electrons. The van der Waals surface area contributed by atoms with E-state index in [4.69, 9.17) is 22.7 Å². The third-order valence-electron chi connectivity index (χ3n) is 3.59. The summed E-state index contributed by atoms with van der Waals surface area (Å²) in [6, 6.07) is 5.62. The molecule has 1 aliphatic heterocycles. The van der Waals surface area contributed by atoms with Gasteiger partial charge in [0.1, 0.15) is 5.75 Å². The molecule has 0 saturated heterocycles. The van der Waals surface area contributed by atoms with Crippen LogP contribution in [-0.2, 0) is 6.42 Å². The van der Waals surface area contributed by atoms with Gasteiger partial charge in [-0.25, -0.2) is 0 Å². The zero-order chi connectivity index (χ0) is 14.7. The van der Waals surface area contributed by atoms with E-state index in [0.29, 0.717) is 30.2 Å². The summed E-state index contributed by atoms with van der Waals surface area (Å²) < 4.78 is 5.46. The van der Waals surface area contributed by atoms with E-state index in [2.05, 4.69) is 0 Å². The van der Waals surface area contributed by atoms with Crippen molar-refractivity contribution >= 4 is 23.1 Å². The highest BCUT2D eigenvalue weighted by molar-refractivity contribution is 7.80. The number of carbonyl (C=O) groups is 1. The van der Waals surface area contributed by atoms with Crippen molar-refractivity contribution in [3.05, 3.63) is 29.3 Å². The summed E-state index contributed by atoms with van der Waals surface area (Å²) in [6.45, 7) is 5.79. The topological polar surface area (TPSA) is 55.6 Å². The number of carbonyl (C=O) groups excluding carboxylic acids is 1. The van der Waals surface area contributed by atoms with Crippen LogP contribution in [0.5, 0.6) is 5.75 Å². The fourth-order valence-electron chi connectivity index (χ4n) is 2.28. The van der Waals surface area contributed by atoms with Crippen molar-refractivity contribution in [2.75, 3.05) is 19.7 Å². The molecule has 0 saturated carbocycles. The number of fused-ring (bicyclic) bond motifs is 1. The SMILES string of the molecule is CCN(CC(C)C(N)=S)C(=O)c1ccc2c(c1)CCO2. The van der Waals surface area contributed by atoms with Crippen molar-refractivity contribution < 1.29 is 9.53 Å². The number of nitrogens with zero attached hydrogens (tertiary/aromatic N) is 1. The Hall–Kier alpha value is -1.62. The molecule has 0 bridgehead atoms. The first kappa shape index (κ1) is 14.8. The van der Waals surface area contributed by atoms with Crippen molar-refractivity contribution in [1.29, 1.82) is 0 Å². The van der Waals surface area contributed by atoms with Crippen LogP contribution in [0.25, 0.3) is 0 Å². The lowest BCUT2D eigenvalue weighted by Gasteiger charge is -2.24. The van der Waals surface area contributed by atoms with E-state index >= 15 is 0 Å². The van der Waals surface area contributed by atoms with Crippen LogP contribution in [0, 0.1) is 5.92 Å². The number of hydrogen-bond acceptors (Lipinski definition) is 3. The summed E-state index contributed by atoms with van der Waals surface area (Å²) in [4.78, 5) is 14.8. The maximum atomic E-state index is 12.5. The van der Waals surface area contributed by atoms with Gasteiger partial charge in [0.25, 0.3) is 5.91 Å². The van der Waals surface area contributed by atoms with Crippen LogP contribution in [0.1, 0.15) is 29.8 Å². The van der Waals surface area contributed by atoms with Gasteiger partial charge in [-0.15, -0.1) is 0 Å². The first-order valence-electron chi connectivity index (χ1n) is 6.87. The van der Waals surface area contributed by atoms with Crippen LogP contribution in [0.4, 0.5) is 0 Å². The standard InChI is InChI=1S/C15H20N2O2S/c1-3-17(9-10(2)14(16)20)15(18)12-4-5-13-11(8-12)6-7-19-13/h4-5,8,10H,3,6-7,9H2,1-2H3,(H2,16,20). The minimum atomic E-state index is 0.0188. The fourth-order valence-corrected chi connectivity index (χ4v) is 2.35. The number of rotatable bonds is 5. The predicted octanol–water partition coefficient (Wildman–Crippen LogP) is 2.01. The summed E-state index contributed by atoms with van der Waals surface area (Å²) in [5.74, 6) is 0.929. The highest BCUT2D eigenvalue weighted by Crippen LogP contribution is 2.26. The average Bonchev–Trinajstić information content (AvgIpc) is 2.90. The molecule has 108 valence electrons. The van der Waals surface area contributed by atoms with Crippen molar-refractivity contribution in [2.45, 2.75) is 20.3 Å². The van der Waals surface area contributed by atoms with E-state index in [1.807, 2.05) is 32.0 Å². The molecular formula is C15H20N2O2S. The van der Waals surface area contributed by atoms with Gasteiger partial charge in [-0.3, -0.25) is 4.79 Å². The first-order valence-corrected chi connectivity index (χ1v) is 7.28. The molecule has 2 N–H and O–H groups in total. The molecule has 0 aromatic heterocycles. The number of nitrogens with two attached hydrogens (primary N) is 1. The molecule has 0 spiro atoms. The average molecular weight is 292 g/mol. The van der Waals surface area contributed by atoms with E-state index in [-0.39, 0.29) is 11.8 Å². The molecule has 0 aliphatic carbocycles. The zero-order valence-electron chi connectivity index (χ0n) is 11.9. The minimum absolute atomic E-state index is 0.0188. The molecule has 4 nitrogen and oxygen atoms in total. The molecule has 1 heterocycles. The molecule has 0 fully saturated rings. The normalized spacial score (nSPS) is 14.3. The lowest BCUT2D eigenvalue weighted by atomic mass is 10.1. The molecule has 1 amide bonds. The van der Waals surface area contributed by atoms with Crippen LogP contribution >= 0.6 is 12.2 Å². The lowest BCUT2D eigenvalue weighted by Crippen LogP contribution is -2.38. The Bertz CT molecular complexity index is 531. The third-order valence-corrected chi connectivity index (χ3v) is 3.99. The molecule has 5 heteroatoms. The van der Waals surface area contributed by atoms with Gasteiger partial charge in [-0.05, 0) is 30.7 Å². The van der Waals surface area contributed by atoms with Crippen LogP contribution in [-0.4, -0.2) is 35.5 Å². The van der Waals surface area contributed by atoms with Gasteiger partial charge < -0.3 is 15.4 Å². The van der Waals surface area contributed by atoms with Gasteiger partial charge >= 0.3 is 0 Å². The number of hydrogen-bond donors (Lipinski definition) is 1. The summed E-state index contributed by atoms with van der Waals surface area (Å²) in [7, 11) is 0. The van der Waals surface area contributed by atoms with E-state index < -0.39 is 0 Å². The fraction of sp³-hybridized carbons (Fsp3) is 0.467. The maximum Gasteiger partial charge on any atom is 0.253 e. The number of amides is 1. The summed E-state index contributed by atoms with van der Waals surface area (Å²) in [6.07, 6.45) is 0.867. The van der Waals surface area contributed by atoms with Gasteiger partial charge in [-0.2, -0.15) is 0 Å². The largest absolute Gasteiger partial charge is 0.493 e. The Morgan fingerprint density at radius 2 is 2.30 bits per heavy atom. The van der Waals surface area contributed by atoms with Gasteiger partial charge in [0.05, 0.1) is 11.6 Å². The molecule has 1 aromatic rings. The van der Waals surface area contributed by atoms with Crippen LogP contribution in [0.3, 0.4) is 0 Å². The summed E-state index contributed by atoms with van der Waals surface area (Å²) in [5, 5.41) is 0. The monoisotopic (exact) mass is 292 g/mol. The van der Waals surface area contributed by atoms with Gasteiger partial charge in [-0.1, -0.05) is 19.1 Å². The van der Waals surface area contributed by atoms with E-state index in [1.54, 1.807) is 4.90 Å². The zero-order valence-corrected chi connectivity index (χ0v) is 12.7. The highest BCUT2D eigenvalue weighted by Gasteiger charge is 2.20. The third kappa shape index (κ3) is 3.10. The Morgan fingerprint density at radius 3 is 2.95 bits per heavy atom. The Labute approximate surface area is 124 Å². The van der Waals surface area contributed by atoms with Crippen molar-refractivity contribution in [1.82, 2.24) is 4.90 Å². The molecule has 2 rings (SSSR count). The lowest BCUT2D eigenvalue weighted by molar-refractivity contribution is 0.0755. The molecule has 1 unspecified atom stereocenters. The second-order valence-corrected chi connectivity index (χ2v) is 5.54. The van der Waals surface area contributed by atoms with Crippen LogP contribution in [0.2, 0.25) is 0 Å². The Morgan fingerprint density at radius 1 is 1.55 bits per heavy atom. The number of thiocarbonyl (C=S) groups is 1. The minimum Gasteiger partial charge on any atom is -0.493 e.